The van der Waals surface area contributed by atoms with Crippen molar-refractivity contribution in [1.29, 1.82) is 0 Å². The van der Waals surface area contributed by atoms with Crippen molar-refractivity contribution in [3.63, 3.8) is 0 Å². The van der Waals surface area contributed by atoms with E-state index < -0.39 is 5.97 Å². The van der Waals surface area contributed by atoms with Gasteiger partial charge in [0.1, 0.15) is 0 Å². The average Bonchev–Trinajstić information content (AvgIpc) is 2.37. The number of carboxylic acid groups (broad SMARTS) is 1. The molecule has 1 heterocycles. The minimum absolute atomic E-state index is 0.0164. The molecule has 0 aromatic rings. The van der Waals surface area contributed by atoms with Crippen molar-refractivity contribution >= 4 is 11.9 Å². The molecule has 104 valence electrons. The Balaban J connectivity index is 2.81. The van der Waals surface area contributed by atoms with E-state index in [0.717, 1.165) is 6.42 Å². The molecule has 1 amide bonds. The number of nitrogens with zero attached hydrogens (tertiary/aromatic N) is 1. The van der Waals surface area contributed by atoms with Gasteiger partial charge < -0.3 is 14.8 Å². The molecule has 4 heteroatoms. The number of carbonyl (C=O) groups excluding carboxylic acids is 2. The number of aliphatic carboxylic acids is 1. The highest BCUT2D eigenvalue weighted by Gasteiger charge is 2.29. The third-order valence-corrected chi connectivity index (χ3v) is 3.19. The number of hydrogen-bond donors (Lipinski definition) is 0. The summed E-state index contributed by atoms with van der Waals surface area (Å²) in [7, 11) is 0. The Bertz CT molecular complexity index is 387. The summed E-state index contributed by atoms with van der Waals surface area (Å²) in [6.45, 7) is 7.41. The van der Waals surface area contributed by atoms with Crippen LogP contribution in [-0.2, 0) is 9.59 Å². The molecule has 0 bridgehead atoms. The molecule has 0 radical (unpaired) electrons. The summed E-state index contributed by atoms with van der Waals surface area (Å²) in [5.41, 5.74) is 0. The van der Waals surface area contributed by atoms with Gasteiger partial charge in [0.05, 0.1) is 6.04 Å². The molecular formula is C15H20NO3-. The van der Waals surface area contributed by atoms with Gasteiger partial charge in [-0.05, 0) is 25.7 Å². The SMILES string of the molecule is C=CC[C@@H]1CC=C[C@H](CC=C)N1C(=O)CCC(=O)[O-]. The summed E-state index contributed by atoms with van der Waals surface area (Å²) in [6, 6.07) is 0.0205. The van der Waals surface area contributed by atoms with Crippen molar-refractivity contribution < 1.29 is 14.7 Å². The topological polar surface area (TPSA) is 60.4 Å². The van der Waals surface area contributed by atoms with Crippen LogP contribution in [0, 0.1) is 0 Å². The van der Waals surface area contributed by atoms with Crippen molar-refractivity contribution in [3.05, 3.63) is 37.5 Å². The smallest absolute Gasteiger partial charge is 0.223 e. The van der Waals surface area contributed by atoms with Crippen LogP contribution >= 0.6 is 0 Å². The van der Waals surface area contributed by atoms with Gasteiger partial charge in [0, 0.05) is 18.4 Å². The Morgan fingerprint density at radius 1 is 1.26 bits per heavy atom. The van der Waals surface area contributed by atoms with Crippen LogP contribution in [-0.4, -0.2) is 28.9 Å². The third kappa shape index (κ3) is 4.39. The number of rotatable bonds is 7. The van der Waals surface area contributed by atoms with Crippen molar-refractivity contribution in [1.82, 2.24) is 4.90 Å². The third-order valence-electron chi connectivity index (χ3n) is 3.19. The Morgan fingerprint density at radius 2 is 1.95 bits per heavy atom. The first kappa shape index (κ1) is 15.2. The molecule has 0 fully saturated rings. The van der Waals surface area contributed by atoms with Gasteiger partial charge in [0.25, 0.3) is 0 Å². The van der Waals surface area contributed by atoms with Gasteiger partial charge in [-0.15, -0.1) is 13.2 Å². The second kappa shape index (κ2) is 7.56. The maximum absolute atomic E-state index is 12.2. The molecule has 0 saturated carbocycles. The summed E-state index contributed by atoms with van der Waals surface area (Å²) in [4.78, 5) is 24.4. The maximum atomic E-state index is 12.2. The van der Waals surface area contributed by atoms with E-state index in [1.165, 1.54) is 0 Å². The molecule has 0 N–H and O–H groups in total. The molecule has 2 atom stereocenters. The highest BCUT2D eigenvalue weighted by molar-refractivity contribution is 5.81. The molecule has 1 rings (SSSR count). The summed E-state index contributed by atoms with van der Waals surface area (Å²) in [6.07, 6.45) is 9.49. The van der Waals surface area contributed by atoms with Crippen LogP contribution in [0.4, 0.5) is 0 Å². The monoisotopic (exact) mass is 262 g/mol. The van der Waals surface area contributed by atoms with Gasteiger partial charge in [-0.1, -0.05) is 24.3 Å². The predicted octanol–water partition coefficient (Wildman–Crippen LogP) is 1.19. The zero-order valence-electron chi connectivity index (χ0n) is 11.1. The highest BCUT2D eigenvalue weighted by Crippen LogP contribution is 2.23. The molecule has 0 aromatic heterocycles. The average molecular weight is 262 g/mol. The van der Waals surface area contributed by atoms with Crippen LogP contribution in [0.3, 0.4) is 0 Å². The quantitative estimate of drug-likeness (QED) is 0.648. The molecule has 19 heavy (non-hydrogen) atoms. The summed E-state index contributed by atoms with van der Waals surface area (Å²) in [5.74, 6) is -1.34. The Kier molecular flexibility index (Phi) is 6.06. The fourth-order valence-corrected chi connectivity index (χ4v) is 2.36. The Hall–Kier alpha value is -1.84. The normalized spacial score (nSPS) is 22.0. The lowest BCUT2D eigenvalue weighted by molar-refractivity contribution is -0.305. The van der Waals surface area contributed by atoms with E-state index >= 15 is 0 Å². The minimum atomic E-state index is -1.19. The van der Waals surface area contributed by atoms with E-state index in [1.807, 2.05) is 6.08 Å². The lowest BCUT2D eigenvalue weighted by Gasteiger charge is -2.39. The lowest BCUT2D eigenvalue weighted by atomic mass is 9.97. The second-order valence-electron chi connectivity index (χ2n) is 4.61. The molecule has 0 aliphatic carbocycles. The minimum Gasteiger partial charge on any atom is -0.550 e. The van der Waals surface area contributed by atoms with Gasteiger partial charge in [0.2, 0.25) is 5.91 Å². The first-order valence-corrected chi connectivity index (χ1v) is 6.49. The highest BCUT2D eigenvalue weighted by atomic mass is 16.4. The van der Waals surface area contributed by atoms with E-state index in [9.17, 15) is 14.7 Å². The van der Waals surface area contributed by atoms with Crippen LogP contribution in [0.5, 0.6) is 0 Å². The number of carbonyl (C=O) groups is 2. The van der Waals surface area contributed by atoms with Crippen LogP contribution in [0.15, 0.2) is 37.5 Å². The van der Waals surface area contributed by atoms with Gasteiger partial charge in [0.15, 0.2) is 0 Å². The van der Waals surface area contributed by atoms with E-state index in [0.29, 0.717) is 12.8 Å². The Labute approximate surface area is 114 Å². The predicted molar refractivity (Wildman–Crippen MR) is 72.0 cm³/mol. The first-order chi connectivity index (χ1) is 9.10. The fourth-order valence-electron chi connectivity index (χ4n) is 2.36. The van der Waals surface area contributed by atoms with Gasteiger partial charge in [-0.2, -0.15) is 0 Å². The number of carboxylic acids is 1. The first-order valence-electron chi connectivity index (χ1n) is 6.49. The van der Waals surface area contributed by atoms with Crippen molar-refractivity contribution in [2.24, 2.45) is 0 Å². The zero-order valence-corrected chi connectivity index (χ0v) is 11.1. The molecular weight excluding hydrogens is 242 g/mol. The standard InChI is InChI=1S/C15H21NO3/c1-3-6-12-8-5-9-13(7-4-2)16(12)14(17)10-11-15(18)19/h3-5,8,12-13H,1-2,6-7,9-11H2,(H,18,19)/p-1/t12-,13+/m0/s1. The Morgan fingerprint density at radius 3 is 2.53 bits per heavy atom. The lowest BCUT2D eigenvalue weighted by Crippen LogP contribution is -2.48. The van der Waals surface area contributed by atoms with Crippen molar-refractivity contribution in [2.75, 3.05) is 0 Å². The number of hydrogen-bond acceptors (Lipinski definition) is 3. The van der Waals surface area contributed by atoms with Crippen LogP contribution in [0.1, 0.15) is 32.1 Å². The molecule has 1 aliphatic heterocycles. The summed E-state index contributed by atoms with van der Waals surface area (Å²) < 4.78 is 0. The van der Waals surface area contributed by atoms with Gasteiger partial charge in [-0.25, -0.2) is 0 Å². The molecule has 0 saturated heterocycles. The molecule has 0 spiro atoms. The zero-order chi connectivity index (χ0) is 14.3. The van der Waals surface area contributed by atoms with Crippen molar-refractivity contribution in [2.45, 2.75) is 44.2 Å². The maximum Gasteiger partial charge on any atom is 0.223 e. The van der Waals surface area contributed by atoms with E-state index in [4.69, 9.17) is 0 Å². The largest absolute Gasteiger partial charge is 0.550 e. The molecule has 0 unspecified atom stereocenters. The van der Waals surface area contributed by atoms with Crippen LogP contribution in [0.25, 0.3) is 0 Å². The van der Waals surface area contributed by atoms with E-state index in [1.54, 1.807) is 17.1 Å². The molecule has 1 aliphatic rings. The van der Waals surface area contributed by atoms with E-state index in [2.05, 4.69) is 19.2 Å². The summed E-state index contributed by atoms with van der Waals surface area (Å²) in [5, 5.41) is 10.5. The second-order valence-corrected chi connectivity index (χ2v) is 4.61. The molecule has 4 nitrogen and oxygen atoms in total. The van der Waals surface area contributed by atoms with Crippen LogP contribution in [0.2, 0.25) is 0 Å². The van der Waals surface area contributed by atoms with Gasteiger partial charge >= 0.3 is 0 Å². The van der Waals surface area contributed by atoms with Gasteiger partial charge in [-0.3, -0.25) is 4.79 Å². The summed E-state index contributed by atoms with van der Waals surface area (Å²) >= 11 is 0. The fraction of sp³-hybridized carbons (Fsp3) is 0.467. The number of amides is 1. The molecule has 0 aromatic carbocycles. The van der Waals surface area contributed by atoms with Crippen molar-refractivity contribution in [3.8, 4) is 0 Å². The van der Waals surface area contributed by atoms with Crippen LogP contribution < -0.4 is 5.11 Å². The van der Waals surface area contributed by atoms with E-state index in [-0.39, 0.29) is 30.8 Å².